The Morgan fingerprint density at radius 1 is 1.11 bits per heavy atom. The molecule has 0 bridgehead atoms. The molecule has 3 aromatic heterocycles. The standard InChI is InChI=1S/C18H21N5O4S/c1-13(2)17-20-21-18(27-17)14-11-16(26-12-14)28(24,25)23-9-7-22(8-10-23)15-5-3-4-6-19-15/h3-6,11-13H,7-10H2,1-2H3. The van der Waals surface area contributed by atoms with E-state index in [1.807, 2.05) is 32.0 Å². The third-order valence-electron chi connectivity index (χ3n) is 4.56. The number of pyridine rings is 1. The van der Waals surface area contributed by atoms with Gasteiger partial charge in [-0.15, -0.1) is 10.2 Å². The Balaban J connectivity index is 1.48. The zero-order chi connectivity index (χ0) is 19.7. The van der Waals surface area contributed by atoms with Gasteiger partial charge in [0.2, 0.25) is 11.0 Å². The molecule has 1 fully saturated rings. The number of rotatable bonds is 5. The van der Waals surface area contributed by atoms with Crippen molar-refractivity contribution in [3.63, 3.8) is 0 Å². The molecule has 4 heterocycles. The largest absolute Gasteiger partial charge is 0.451 e. The summed E-state index contributed by atoms with van der Waals surface area (Å²) in [5.41, 5.74) is 0.449. The Hall–Kier alpha value is -2.72. The van der Waals surface area contributed by atoms with Crippen LogP contribution in [0.1, 0.15) is 25.7 Å². The Bertz CT molecular complexity index is 1040. The van der Waals surface area contributed by atoms with Crippen molar-refractivity contribution in [2.24, 2.45) is 0 Å². The fourth-order valence-corrected chi connectivity index (χ4v) is 4.32. The predicted molar refractivity (Wildman–Crippen MR) is 101 cm³/mol. The van der Waals surface area contributed by atoms with Crippen molar-refractivity contribution in [2.45, 2.75) is 24.9 Å². The Morgan fingerprint density at radius 3 is 2.54 bits per heavy atom. The van der Waals surface area contributed by atoms with Crippen LogP contribution in [0.3, 0.4) is 0 Å². The summed E-state index contributed by atoms with van der Waals surface area (Å²) in [5.74, 6) is 1.67. The van der Waals surface area contributed by atoms with Gasteiger partial charge in [0.15, 0.2) is 0 Å². The topological polar surface area (TPSA) is 106 Å². The first kappa shape index (κ1) is 18.6. The fourth-order valence-electron chi connectivity index (χ4n) is 2.97. The molecule has 0 amide bonds. The van der Waals surface area contributed by atoms with Gasteiger partial charge in [0.25, 0.3) is 15.9 Å². The average Bonchev–Trinajstić information content (AvgIpc) is 3.39. The van der Waals surface area contributed by atoms with Crippen molar-refractivity contribution >= 4 is 15.8 Å². The van der Waals surface area contributed by atoms with E-state index in [1.54, 1.807) is 6.20 Å². The molecule has 28 heavy (non-hydrogen) atoms. The molecular weight excluding hydrogens is 382 g/mol. The van der Waals surface area contributed by atoms with E-state index in [-0.39, 0.29) is 16.9 Å². The molecule has 1 aliphatic rings. The van der Waals surface area contributed by atoms with Gasteiger partial charge in [0.1, 0.15) is 12.1 Å². The van der Waals surface area contributed by atoms with Gasteiger partial charge in [-0.2, -0.15) is 4.31 Å². The minimum atomic E-state index is -3.73. The highest BCUT2D eigenvalue weighted by atomic mass is 32.2. The van der Waals surface area contributed by atoms with Crippen molar-refractivity contribution in [1.82, 2.24) is 19.5 Å². The van der Waals surface area contributed by atoms with Crippen molar-refractivity contribution in [3.05, 3.63) is 42.6 Å². The summed E-state index contributed by atoms with van der Waals surface area (Å²) in [5, 5.41) is 7.79. The molecule has 0 N–H and O–H groups in total. The highest BCUT2D eigenvalue weighted by Gasteiger charge is 2.32. The smallest absolute Gasteiger partial charge is 0.276 e. The van der Waals surface area contributed by atoms with Crippen LogP contribution in [-0.4, -0.2) is 54.1 Å². The fraction of sp³-hybridized carbons (Fsp3) is 0.389. The molecular formula is C18H21N5O4S. The van der Waals surface area contributed by atoms with Crippen LogP contribution in [0, 0.1) is 0 Å². The first-order chi connectivity index (χ1) is 13.4. The van der Waals surface area contributed by atoms with Gasteiger partial charge < -0.3 is 13.7 Å². The lowest BCUT2D eigenvalue weighted by atomic mass is 10.2. The number of furan rings is 1. The van der Waals surface area contributed by atoms with Crippen molar-refractivity contribution in [2.75, 3.05) is 31.1 Å². The lowest BCUT2D eigenvalue weighted by Crippen LogP contribution is -2.48. The molecule has 1 saturated heterocycles. The van der Waals surface area contributed by atoms with Crippen LogP contribution in [0.5, 0.6) is 0 Å². The van der Waals surface area contributed by atoms with Gasteiger partial charge in [-0.05, 0) is 12.1 Å². The Kier molecular flexibility index (Phi) is 4.90. The van der Waals surface area contributed by atoms with E-state index in [0.717, 1.165) is 5.82 Å². The van der Waals surface area contributed by atoms with Gasteiger partial charge in [-0.1, -0.05) is 19.9 Å². The maximum atomic E-state index is 12.9. The first-order valence-corrected chi connectivity index (χ1v) is 10.5. The van der Waals surface area contributed by atoms with Crippen LogP contribution in [-0.2, 0) is 10.0 Å². The van der Waals surface area contributed by atoms with E-state index in [0.29, 0.717) is 37.6 Å². The summed E-state index contributed by atoms with van der Waals surface area (Å²) in [6.45, 7) is 5.71. The van der Waals surface area contributed by atoms with Gasteiger partial charge in [-0.3, -0.25) is 0 Å². The molecule has 0 aliphatic carbocycles. The normalized spacial score (nSPS) is 16.0. The number of hydrogen-bond donors (Lipinski definition) is 0. The van der Waals surface area contributed by atoms with E-state index < -0.39 is 10.0 Å². The minimum absolute atomic E-state index is 0.0896. The number of hydrogen-bond acceptors (Lipinski definition) is 8. The molecule has 0 unspecified atom stereocenters. The SMILES string of the molecule is CC(C)c1nnc(-c2coc(S(=O)(=O)N3CCN(c4ccccn4)CC3)c2)o1. The number of aromatic nitrogens is 3. The summed E-state index contributed by atoms with van der Waals surface area (Å²) < 4.78 is 38.2. The van der Waals surface area contributed by atoms with Gasteiger partial charge >= 0.3 is 0 Å². The number of anilines is 1. The molecule has 0 spiro atoms. The summed E-state index contributed by atoms with van der Waals surface area (Å²) >= 11 is 0. The molecule has 0 aromatic carbocycles. The van der Waals surface area contributed by atoms with Gasteiger partial charge in [0, 0.05) is 44.4 Å². The average molecular weight is 403 g/mol. The highest BCUT2D eigenvalue weighted by Crippen LogP contribution is 2.27. The number of sulfonamides is 1. The van der Waals surface area contributed by atoms with Crippen LogP contribution in [0.4, 0.5) is 5.82 Å². The molecule has 0 saturated carbocycles. The Labute approximate surface area is 163 Å². The lowest BCUT2D eigenvalue weighted by molar-refractivity contribution is 0.361. The molecule has 3 aromatic rings. The van der Waals surface area contributed by atoms with E-state index in [9.17, 15) is 8.42 Å². The maximum absolute atomic E-state index is 12.9. The molecule has 148 valence electrons. The summed E-state index contributed by atoms with van der Waals surface area (Å²) in [7, 11) is -3.73. The molecule has 0 radical (unpaired) electrons. The van der Waals surface area contributed by atoms with Crippen LogP contribution in [0.25, 0.3) is 11.5 Å². The summed E-state index contributed by atoms with van der Waals surface area (Å²) in [4.78, 5) is 6.38. The second kappa shape index (κ2) is 7.36. The van der Waals surface area contributed by atoms with Crippen LogP contribution in [0.15, 0.2) is 50.7 Å². The number of nitrogens with zero attached hydrogens (tertiary/aromatic N) is 5. The predicted octanol–water partition coefficient (Wildman–Crippen LogP) is 2.36. The first-order valence-electron chi connectivity index (χ1n) is 9.03. The Morgan fingerprint density at radius 2 is 1.89 bits per heavy atom. The van der Waals surface area contributed by atoms with Crippen LogP contribution in [0.2, 0.25) is 0 Å². The third kappa shape index (κ3) is 3.52. The molecule has 9 nitrogen and oxygen atoms in total. The molecule has 1 aliphatic heterocycles. The minimum Gasteiger partial charge on any atom is -0.451 e. The van der Waals surface area contributed by atoms with E-state index in [2.05, 4.69) is 20.1 Å². The zero-order valence-electron chi connectivity index (χ0n) is 15.6. The number of piperazine rings is 1. The second-order valence-electron chi connectivity index (χ2n) is 6.83. The quantitative estimate of drug-likeness (QED) is 0.639. The lowest BCUT2D eigenvalue weighted by Gasteiger charge is -2.34. The van der Waals surface area contributed by atoms with Gasteiger partial charge in [-0.25, -0.2) is 13.4 Å². The van der Waals surface area contributed by atoms with Crippen LogP contribution < -0.4 is 4.90 Å². The third-order valence-corrected chi connectivity index (χ3v) is 6.33. The molecule has 10 heteroatoms. The summed E-state index contributed by atoms with van der Waals surface area (Å²) in [6, 6.07) is 7.11. The zero-order valence-corrected chi connectivity index (χ0v) is 16.5. The maximum Gasteiger partial charge on any atom is 0.276 e. The molecule has 0 atom stereocenters. The monoisotopic (exact) mass is 403 g/mol. The van der Waals surface area contributed by atoms with Crippen molar-refractivity contribution < 1.29 is 17.3 Å². The van der Waals surface area contributed by atoms with E-state index in [4.69, 9.17) is 8.83 Å². The van der Waals surface area contributed by atoms with Crippen molar-refractivity contribution in [1.29, 1.82) is 0 Å². The second-order valence-corrected chi connectivity index (χ2v) is 8.70. The van der Waals surface area contributed by atoms with E-state index in [1.165, 1.54) is 16.6 Å². The van der Waals surface area contributed by atoms with Crippen molar-refractivity contribution in [3.8, 4) is 11.5 Å². The van der Waals surface area contributed by atoms with Crippen LogP contribution >= 0.6 is 0 Å². The van der Waals surface area contributed by atoms with Gasteiger partial charge in [0.05, 0.1) is 5.56 Å². The van der Waals surface area contributed by atoms with E-state index >= 15 is 0 Å². The molecule has 4 rings (SSSR count). The highest BCUT2D eigenvalue weighted by molar-refractivity contribution is 7.89. The summed E-state index contributed by atoms with van der Waals surface area (Å²) in [6.07, 6.45) is 3.06.